The first kappa shape index (κ1) is 35.6. The lowest BCUT2D eigenvalue weighted by molar-refractivity contribution is -0.137. The van der Waals surface area contributed by atoms with Gasteiger partial charge in [-0.25, -0.2) is 4.79 Å². The third kappa shape index (κ3) is 13.0. The van der Waals surface area contributed by atoms with Gasteiger partial charge in [0.1, 0.15) is 5.60 Å². The zero-order valence-electron chi connectivity index (χ0n) is 25.7. The van der Waals surface area contributed by atoms with E-state index in [4.69, 9.17) is 9.47 Å². The van der Waals surface area contributed by atoms with Crippen LogP contribution >= 0.6 is 0 Å². The Bertz CT molecular complexity index is 1240. The van der Waals surface area contributed by atoms with Gasteiger partial charge >= 0.3 is 12.3 Å². The van der Waals surface area contributed by atoms with Crippen LogP contribution in [0.1, 0.15) is 72.6 Å². The zero-order valence-corrected chi connectivity index (χ0v) is 25.7. The number of carbonyl (C=O) groups is 3. The van der Waals surface area contributed by atoms with E-state index in [2.05, 4.69) is 53.3 Å². The summed E-state index contributed by atoms with van der Waals surface area (Å²) in [6.45, 7) is 10.4. The lowest BCUT2D eigenvalue weighted by Crippen LogP contribution is -2.40. The molecule has 2 aromatic rings. The number of methoxy groups -OCH3 is 1. The lowest BCUT2D eigenvalue weighted by Gasteiger charge is -2.21. The fourth-order valence-electron chi connectivity index (χ4n) is 4.17. The van der Waals surface area contributed by atoms with Crippen LogP contribution in [0.25, 0.3) is 0 Å². The summed E-state index contributed by atoms with van der Waals surface area (Å²) in [7, 11) is 1.55. The summed E-state index contributed by atoms with van der Waals surface area (Å²) in [5.74, 6) is -1.51. The molecule has 0 saturated heterocycles. The van der Waals surface area contributed by atoms with E-state index in [1.165, 1.54) is 16.7 Å². The van der Waals surface area contributed by atoms with E-state index in [1.54, 1.807) is 27.9 Å². The van der Waals surface area contributed by atoms with E-state index in [0.717, 1.165) is 38.1 Å². The number of hydrogen-bond acceptors (Lipinski definition) is 6. The van der Waals surface area contributed by atoms with Crippen molar-refractivity contribution in [2.24, 2.45) is 0 Å². The Hall–Kier alpha value is -3.64. The summed E-state index contributed by atoms with van der Waals surface area (Å²) < 4.78 is 50.5. The van der Waals surface area contributed by atoms with Gasteiger partial charge in [-0.15, -0.1) is 0 Å². The van der Waals surface area contributed by atoms with Gasteiger partial charge in [0, 0.05) is 20.2 Å². The number of carbonyl (C=O) groups excluding carboxylic acids is 3. The quantitative estimate of drug-likeness (QED) is 0.211. The molecule has 0 aliphatic heterocycles. The highest BCUT2D eigenvalue weighted by molar-refractivity contribution is 6.04. The average molecular weight is 609 g/mol. The van der Waals surface area contributed by atoms with E-state index in [9.17, 15) is 27.6 Å². The van der Waals surface area contributed by atoms with Gasteiger partial charge in [0.2, 0.25) is 5.91 Å². The molecule has 43 heavy (non-hydrogen) atoms. The molecule has 0 heterocycles. The highest BCUT2D eigenvalue weighted by Gasteiger charge is 2.32. The van der Waals surface area contributed by atoms with Crippen LogP contribution in [0, 0.1) is 13.8 Å². The molecule has 2 aromatic carbocycles. The van der Waals surface area contributed by atoms with Crippen LogP contribution in [0.5, 0.6) is 0 Å². The number of ether oxygens (including phenoxy) is 2. The first-order valence-corrected chi connectivity index (χ1v) is 14.1. The molecule has 0 fully saturated rings. The smallest absolute Gasteiger partial charge is 0.416 e. The molecule has 1 unspecified atom stereocenters. The van der Waals surface area contributed by atoms with Crippen molar-refractivity contribution in [3.63, 3.8) is 0 Å². The second-order valence-electron chi connectivity index (χ2n) is 11.3. The van der Waals surface area contributed by atoms with Gasteiger partial charge in [0.15, 0.2) is 0 Å². The van der Waals surface area contributed by atoms with Crippen molar-refractivity contribution in [1.29, 1.82) is 0 Å². The molecule has 0 aromatic heterocycles. The Kier molecular flexibility index (Phi) is 13.5. The molecule has 1 atom stereocenters. The maximum absolute atomic E-state index is 13.3. The van der Waals surface area contributed by atoms with E-state index in [0.29, 0.717) is 12.5 Å². The van der Waals surface area contributed by atoms with E-state index in [-0.39, 0.29) is 18.3 Å². The minimum absolute atomic E-state index is 0.192. The normalized spacial score (nSPS) is 12.4. The van der Waals surface area contributed by atoms with Gasteiger partial charge in [-0.05, 0) is 89.8 Å². The molecule has 0 aliphatic carbocycles. The maximum atomic E-state index is 13.3. The standard InChI is InChI=1S/C31H43F3N4O5/c1-20-10-11-22(21(2)15-20)17-35-14-8-7-9-24(42-6)18-36-27(39)19-37-28(40)25-16-23(31(32,33)34)12-13-26(25)38-29(41)43-30(3,4)5/h10-13,15-16,24,35H,7-9,14,17-19H2,1-6H3,(H,36,39)(H,37,40)(H,38,41). The summed E-state index contributed by atoms with van der Waals surface area (Å²) in [4.78, 5) is 37.3. The van der Waals surface area contributed by atoms with Crippen LogP contribution in [0.3, 0.4) is 0 Å². The van der Waals surface area contributed by atoms with Crippen molar-refractivity contribution in [3.05, 3.63) is 64.2 Å². The Labute approximate surface area is 251 Å². The second kappa shape index (κ2) is 16.3. The third-order valence-electron chi connectivity index (χ3n) is 6.44. The summed E-state index contributed by atoms with van der Waals surface area (Å²) in [5, 5.41) is 10.7. The summed E-state index contributed by atoms with van der Waals surface area (Å²) in [5.41, 5.74) is 1.15. The number of nitrogens with one attached hydrogen (secondary N) is 4. The van der Waals surface area contributed by atoms with Crippen molar-refractivity contribution in [1.82, 2.24) is 16.0 Å². The fraction of sp³-hybridized carbons (Fsp3) is 0.516. The number of aryl methyl sites for hydroxylation is 2. The number of amides is 3. The number of hydrogen-bond donors (Lipinski definition) is 4. The maximum Gasteiger partial charge on any atom is 0.416 e. The van der Waals surface area contributed by atoms with Crippen LogP contribution < -0.4 is 21.3 Å². The Balaban J connectivity index is 1.82. The second-order valence-corrected chi connectivity index (χ2v) is 11.3. The van der Waals surface area contributed by atoms with Crippen molar-refractivity contribution in [2.75, 3.05) is 32.1 Å². The van der Waals surface area contributed by atoms with Crippen molar-refractivity contribution < 1.29 is 37.0 Å². The molecule has 4 N–H and O–H groups in total. The number of unbranched alkanes of at least 4 members (excludes halogenated alkanes) is 1. The first-order valence-electron chi connectivity index (χ1n) is 14.1. The Morgan fingerprint density at radius 1 is 0.953 bits per heavy atom. The highest BCUT2D eigenvalue weighted by Crippen LogP contribution is 2.32. The third-order valence-corrected chi connectivity index (χ3v) is 6.44. The molecular formula is C31H43F3N4O5. The van der Waals surface area contributed by atoms with Crippen LogP contribution in [-0.2, 0) is 27.0 Å². The van der Waals surface area contributed by atoms with Crippen LogP contribution in [0.4, 0.5) is 23.7 Å². The molecule has 0 spiro atoms. The van der Waals surface area contributed by atoms with E-state index >= 15 is 0 Å². The van der Waals surface area contributed by atoms with Gasteiger partial charge in [-0.2, -0.15) is 13.2 Å². The largest absolute Gasteiger partial charge is 0.444 e. The van der Waals surface area contributed by atoms with Gasteiger partial charge in [-0.3, -0.25) is 14.9 Å². The van der Waals surface area contributed by atoms with E-state index < -0.39 is 47.4 Å². The molecule has 238 valence electrons. The predicted molar refractivity (Wildman–Crippen MR) is 159 cm³/mol. The monoisotopic (exact) mass is 608 g/mol. The van der Waals surface area contributed by atoms with Crippen molar-refractivity contribution in [2.45, 2.75) is 78.3 Å². The number of halogens is 3. The molecule has 9 nitrogen and oxygen atoms in total. The van der Waals surface area contributed by atoms with Crippen LogP contribution in [-0.4, -0.2) is 56.4 Å². The summed E-state index contributed by atoms with van der Waals surface area (Å²) in [6.07, 6.45) is -3.41. The molecule has 0 radical (unpaired) electrons. The first-order chi connectivity index (χ1) is 20.1. The molecule has 0 aliphatic rings. The zero-order chi connectivity index (χ0) is 32.2. The lowest BCUT2D eigenvalue weighted by atomic mass is 10.1. The fourth-order valence-corrected chi connectivity index (χ4v) is 4.17. The molecule has 12 heteroatoms. The van der Waals surface area contributed by atoms with Gasteiger partial charge in [0.05, 0.1) is 29.5 Å². The Morgan fingerprint density at radius 2 is 1.67 bits per heavy atom. The average Bonchev–Trinajstić information content (AvgIpc) is 2.90. The van der Waals surface area contributed by atoms with Gasteiger partial charge in [0.25, 0.3) is 5.91 Å². The number of rotatable bonds is 14. The molecule has 0 saturated carbocycles. The Morgan fingerprint density at radius 3 is 2.30 bits per heavy atom. The highest BCUT2D eigenvalue weighted by atomic mass is 19.4. The minimum Gasteiger partial charge on any atom is -0.444 e. The molecule has 2 rings (SSSR count). The summed E-state index contributed by atoms with van der Waals surface area (Å²) in [6, 6.07) is 8.69. The van der Waals surface area contributed by atoms with Gasteiger partial charge < -0.3 is 25.4 Å². The molecule has 3 amide bonds. The van der Waals surface area contributed by atoms with Crippen molar-refractivity contribution >= 4 is 23.6 Å². The minimum atomic E-state index is -4.72. The van der Waals surface area contributed by atoms with Gasteiger partial charge in [-0.1, -0.05) is 23.8 Å². The van der Waals surface area contributed by atoms with Crippen LogP contribution in [0.15, 0.2) is 36.4 Å². The number of alkyl halides is 3. The van der Waals surface area contributed by atoms with E-state index in [1.807, 2.05) is 0 Å². The number of anilines is 1. The SMILES string of the molecule is COC(CCCCNCc1ccc(C)cc1C)CNC(=O)CNC(=O)c1cc(C(F)(F)F)ccc1NC(=O)OC(C)(C)C. The molecular weight excluding hydrogens is 565 g/mol. The summed E-state index contributed by atoms with van der Waals surface area (Å²) >= 11 is 0. The van der Waals surface area contributed by atoms with Crippen molar-refractivity contribution in [3.8, 4) is 0 Å². The predicted octanol–water partition coefficient (Wildman–Crippen LogP) is 5.49. The topological polar surface area (TPSA) is 118 Å². The number of benzene rings is 2. The molecule has 0 bridgehead atoms. The van der Waals surface area contributed by atoms with Crippen LogP contribution in [0.2, 0.25) is 0 Å².